The van der Waals surface area contributed by atoms with Gasteiger partial charge in [-0.15, -0.1) is 0 Å². The summed E-state index contributed by atoms with van der Waals surface area (Å²) in [5.74, 6) is 4.03. The SMILES string of the molecule is CC(=O)O[C@@H]1CC[C@@]2(C)[C@@H](CCC3=C4CC[C@@H]([C@H](C)CCCC(C)C)[C@@]4(C)CC[C@H]32)C1. The summed E-state index contributed by atoms with van der Waals surface area (Å²) in [5.41, 5.74) is 4.71. The van der Waals surface area contributed by atoms with Gasteiger partial charge in [-0.25, -0.2) is 0 Å². The first-order valence-corrected chi connectivity index (χ1v) is 13.5. The molecular weight excluding hydrogens is 380 g/mol. The van der Waals surface area contributed by atoms with Crippen LogP contribution in [0.5, 0.6) is 0 Å². The third-order valence-corrected chi connectivity index (χ3v) is 10.5. The van der Waals surface area contributed by atoms with Crippen molar-refractivity contribution in [3.8, 4) is 0 Å². The van der Waals surface area contributed by atoms with Crippen molar-refractivity contribution < 1.29 is 9.53 Å². The monoisotopic (exact) mass is 428 g/mol. The first-order valence-electron chi connectivity index (χ1n) is 13.5. The summed E-state index contributed by atoms with van der Waals surface area (Å²) in [4.78, 5) is 11.5. The summed E-state index contributed by atoms with van der Waals surface area (Å²) in [5, 5.41) is 0. The lowest BCUT2D eigenvalue weighted by Gasteiger charge is -2.57. The predicted octanol–water partition coefficient (Wildman–Crippen LogP) is 8.10. The van der Waals surface area contributed by atoms with E-state index in [0.717, 1.165) is 42.4 Å². The van der Waals surface area contributed by atoms with Gasteiger partial charge in [-0.2, -0.15) is 0 Å². The molecule has 3 fully saturated rings. The van der Waals surface area contributed by atoms with Gasteiger partial charge < -0.3 is 4.74 Å². The van der Waals surface area contributed by atoms with Crippen molar-refractivity contribution in [2.75, 3.05) is 0 Å². The molecule has 7 atom stereocenters. The van der Waals surface area contributed by atoms with E-state index in [1.165, 1.54) is 64.2 Å². The fourth-order valence-electron chi connectivity index (χ4n) is 8.79. The predicted molar refractivity (Wildman–Crippen MR) is 129 cm³/mol. The Bertz CT molecular complexity index is 706. The van der Waals surface area contributed by atoms with E-state index >= 15 is 0 Å². The summed E-state index contributed by atoms with van der Waals surface area (Å²) < 4.78 is 5.64. The molecule has 4 rings (SSSR count). The molecule has 2 nitrogen and oxygen atoms in total. The number of hydrogen-bond acceptors (Lipinski definition) is 2. The van der Waals surface area contributed by atoms with Crippen molar-refractivity contribution in [1.82, 2.24) is 0 Å². The summed E-state index contributed by atoms with van der Waals surface area (Å²) in [6.45, 7) is 14.1. The molecule has 0 aliphatic heterocycles. The Morgan fingerprint density at radius 2 is 1.81 bits per heavy atom. The largest absolute Gasteiger partial charge is 0.463 e. The number of rotatable bonds is 6. The highest BCUT2D eigenvalue weighted by Crippen LogP contribution is 2.66. The van der Waals surface area contributed by atoms with Crippen LogP contribution in [0.25, 0.3) is 0 Å². The number of ether oxygens (including phenoxy) is 1. The second-order valence-corrected chi connectivity index (χ2v) is 12.7. The third-order valence-electron chi connectivity index (χ3n) is 10.5. The smallest absolute Gasteiger partial charge is 0.302 e. The van der Waals surface area contributed by atoms with Gasteiger partial charge in [0.1, 0.15) is 6.10 Å². The summed E-state index contributed by atoms with van der Waals surface area (Å²) in [6.07, 6.45) is 16.0. The van der Waals surface area contributed by atoms with Crippen molar-refractivity contribution in [1.29, 1.82) is 0 Å². The van der Waals surface area contributed by atoms with E-state index in [1.807, 2.05) is 11.1 Å². The molecule has 0 aromatic rings. The van der Waals surface area contributed by atoms with E-state index < -0.39 is 0 Å². The Kier molecular flexibility index (Phi) is 6.68. The molecule has 4 aliphatic carbocycles. The van der Waals surface area contributed by atoms with E-state index in [1.54, 1.807) is 6.92 Å². The molecule has 3 saturated carbocycles. The summed E-state index contributed by atoms with van der Waals surface area (Å²) in [6, 6.07) is 0. The number of esters is 1. The maximum absolute atomic E-state index is 11.5. The van der Waals surface area contributed by atoms with Crippen LogP contribution in [0.15, 0.2) is 11.1 Å². The van der Waals surface area contributed by atoms with Crippen molar-refractivity contribution >= 4 is 5.97 Å². The Morgan fingerprint density at radius 3 is 2.52 bits per heavy atom. The molecule has 0 aromatic heterocycles. The zero-order chi connectivity index (χ0) is 22.4. The van der Waals surface area contributed by atoms with Crippen LogP contribution in [-0.4, -0.2) is 12.1 Å². The van der Waals surface area contributed by atoms with Gasteiger partial charge in [0.2, 0.25) is 0 Å². The first kappa shape index (κ1) is 23.4. The second-order valence-electron chi connectivity index (χ2n) is 12.7. The molecule has 0 unspecified atom stereocenters. The van der Waals surface area contributed by atoms with E-state index in [2.05, 4.69) is 34.6 Å². The third kappa shape index (κ3) is 4.26. The fourth-order valence-corrected chi connectivity index (χ4v) is 8.79. The Morgan fingerprint density at radius 1 is 1.03 bits per heavy atom. The van der Waals surface area contributed by atoms with E-state index in [0.29, 0.717) is 10.8 Å². The van der Waals surface area contributed by atoms with E-state index in [9.17, 15) is 4.79 Å². The number of carbonyl (C=O) groups excluding carboxylic acids is 1. The van der Waals surface area contributed by atoms with E-state index in [4.69, 9.17) is 4.74 Å². The lowest BCUT2D eigenvalue weighted by molar-refractivity contribution is -0.152. The molecule has 0 aromatic carbocycles. The Balaban J connectivity index is 1.50. The molecule has 0 spiro atoms. The topological polar surface area (TPSA) is 26.3 Å². The molecule has 176 valence electrons. The molecule has 0 radical (unpaired) electrons. The number of fused-ring (bicyclic) bond motifs is 4. The van der Waals surface area contributed by atoms with Gasteiger partial charge in [0.25, 0.3) is 0 Å². The van der Waals surface area contributed by atoms with Gasteiger partial charge in [0.05, 0.1) is 0 Å². The van der Waals surface area contributed by atoms with Gasteiger partial charge in [0.15, 0.2) is 0 Å². The number of hydrogen-bond donors (Lipinski definition) is 0. The molecule has 0 saturated heterocycles. The van der Waals surface area contributed by atoms with Crippen LogP contribution in [0.2, 0.25) is 0 Å². The number of allylic oxidation sites excluding steroid dienone is 2. The zero-order valence-electron chi connectivity index (χ0n) is 21.3. The van der Waals surface area contributed by atoms with Crippen LogP contribution in [-0.2, 0) is 9.53 Å². The van der Waals surface area contributed by atoms with Gasteiger partial charge in [-0.3, -0.25) is 4.79 Å². The highest BCUT2D eigenvalue weighted by molar-refractivity contribution is 5.66. The van der Waals surface area contributed by atoms with Crippen molar-refractivity contribution in [2.45, 2.75) is 125 Å². The highest BCUT2D eigenvalue weighted by Gasteiger charge is 2.55. The summed E-state index contributed by atoms with van der Waals surface area (Å²) in [7, 11) is 0. The molecule has 0 N–H and O–H groups in total. The zero-order valence-corrected chi connectivity index (χ0v) is 21.3. The maximum atomic E-state index is 11.5. The molecule has 2 heteroatoms. The van der Waals surface area contributed by atoms with Crippen LogP contribution < -0.4 is 0 Å². The van der Waals surface area contributed by atoms with Crippen LogP contribution in [0.4, 0.5) is 0 Å². The van der Waals surface area contributed by atoms with Crippen LogP contribution in [0.1, 0.15) is 119 Å². The summed E-state index contributed by atoms with van der Waals surface area (Å²) >= 11 is 0. The minimum absolute atomic E-state index is 0.0971. The highest BCUT2D eigenvalue weighted by atomic mass is 16.5. The maximum Gasteiger partial charge on any atom is 0.302 e. The average molecular weight is 429 g/mol. The fraction of sp³-hybridized carbons (Fsp3) is 0.897. The molecule has 0 bridgehead atoms. The normalized spacial score (nSPS) is 40.9. The van der Waals surface area contributed by atoms with E-state index in [-0.39, 0.29) is 12.1 Å². The standard InChI is InChI=1S/C29H48O2/c1-19(2)8-7-9-20(3)25-12-13-26-24-11-10-22-18-23(31-21(4)30)14-16-28(22,5)27(24)15-17-29(25,26)6/h19-20,22-23,25,27H,7-18H2,1-6H3/t20-,22+,23-,25+,27-,28+,29-/m1/s1. The van der Waals surface area contributed by atoms with Crippen molar-refractivity contribution in [2.24, 2.45) is 40.4 Å². The van der Waals surface area contributed by atoms with Crippen LogP contribution in [0, 0.1) is 40.4 Å². The molecule has 0 amide bonds. The van der Waals surface area contributed by atoms with Gasteiger partial charge in [0, 0.05) is 6.92 Å². The average Bonchev–Trinajstić information content (AvgIpc) is 3.05. The first-order chi connectivity index (χ1) is 14.6. The Labute approximate surface area is 192 Å². The molecular formula is C29H48O2. The van der Waals surface area contributed by atoms with Crippen LogP contribution >= 0.6 is 0 Å². The molecule has 31 heavy (non-hydrogen) atoms. The second kappa shape index (κ2) is 8.86. The quantitative estimate of drug-likeness (QED) is 0.315. The lowest BCUT2D eigenvalue weighted by Crippen LogP contribution is -2.48. The van der Waals surface area contributed by atoms with Gasteiger partial charge in [-0.1, -0.05) is 65.0 Å². The van der Waals surface area contributed by atoms with Crippen molar-refractivity contribution in [3.05, 3.63) is 11.1 Å². The van der Waals surface area contributed by atoms with Gasteiger partial charge >= 0.3 is 5.97 Å². The number of carbonyl (C=O) groups is 1. The van der Waals surface area contributed by atoms with Crippen molar-refractivity contribution in [3.63, 3.8) is 0 Å². The minimum Gasteiger partial charge on any atom is -0.463 e. The van der Waals surface area contributed by atoms with Crippen LogP contribution in [0.3, 0.4) is 0 Å². The van der Waals surface area contributed by atoms with Gasteiger partial charge in [-0.05, 0) is 98.2 Å². The lowest BCUT2D eigenvalue weighted by atomic mass is 9.49. The Hall–Kier alpha value is -0.790. The molecule has 0 heterocycles. The minimum atomic E-state index is -0.0971. The molecule has 4 aliphatic rings.